The molecule has 0 aromatic carbocycles. The average Bonchev–Trinajstić information content (AvgIpc) is 3.00. The molecule has 0 amide bonds. The molecule has 1 rings (SSSR count). The van der Waals surface area contributed by atoms with Gasteiger partial charge in [-0.15, -0.1) is 0 Å². The van der Waals surface area contributed by atoms with Gasteiger partial charge in [0.25, 0.3) is 0 Å². The summed E-state index contributed by atoms with van der Waals surface area (Å²) in [4.78, 5) is 60.8. The van der Waals surface area contributed by atoms with Crippen molar-refractivity contribution >= 4 is 29.8 Å². The Morgan fingerprint density at radius 3 is 1.15 bits per heavy atom. The summed E-state index contributed by atoms with van der Waals surface area (Å²) in [6.45, 7) is 0. The van der Waals surface area contributed by atoms with Crippen molar-refractivity contribution in [3.63, 3.8) is 0 Å². The van der Waals surface area contributed by atoms with Crippen LogP contribution in [-0.4, -0.2) is 65.4 Å². The minimum atomic E-state index is -1.71. The molecule has 1 aliphatic rings. The summed E-state index contributed by atoms with van der Waals surface area (Å²) >= 11 is 0. The summed E-state index contributed by atoms with van der Waals surface area (Å²) in [5.74, 6) is -7.34. The first kappa shape index (κ1) is 24.5. The van der Waals surface area contributed by atoms with E-state index in [-0.39, 0.29) is 52.8 Å². The molecule has 11 heteroatoms. The van der Waals surface area contributed by atoms with Gasteiger partial charge in [0.15, 0.2) is 0 Å². The third kappa shape index (κ3) is 4.41. The van der Waals surface area contributed by atoms with Gasteiger partial charge in [0.05, 0.1) is 57.8 Å². The SMILES string of the molecule is COC(=O)C1=C(C(=O)OC)C(C(=O)OC)C(C(=O)OC)=C1C(=O)OC.[H-].[K+]. The molecule has 0 bridgehead atoms. The normalized spacial score (nSPS) is 13.6. The van der Waals surface area contributed by atoms with E-state index in [2.05, 4.69) is 23.7 Å². The van der Waals surface area contributed by atoms with E-state index in [4.69, 9.17) is 0 Å². The summed E-state index contributed by atoms with van der Waals surface area (Å²) in [5.41, 5.74) is -2.42. The van der Waals surface area contributed by atoms with E-state index in [0.717, 1.165) is 35.5 Å². The van der Waals surface area contributed by atoms with E-state index in [9.17, 15) is 24.0 Å². The molecule has 0 saturated carbocycles. The van der Waals surface area contributed by atoms with Crippen LogP contribution in [0.2, 0.25) is 0 Å². The third-order valence-electron chi connectivity index (χ3n) is 3.39. The van der Waals surface area contributed by atoms with E-state index in [0.29, 0.717) is 0 Å². The largest absolute Gasteiger partial charge is 1.00 e. The average molecular weight is 396 g/mol. The van der Waals surface area contributed by atoms with Gasteiger partial charge in [-0.25, -0.2) is 19.2 Å². The van der Waals surface area contributed by atoms with Gasteiger partial charge in [0, 0.05) is 0 Å². The van der Waals surface area contributed by atoms with Gasteiger partial charge in [0.2, 0.25) is 0 Å². The summed E-state index contributed by atoms with van der Waals surface area (Å²) in [6, 6.07) is 0. The molecule has 138 valence electrons. The molecule has 0 aliphatic heterocycles. The predicted octanol–water partition coefficient (Wildman–Crippen LogP) is -3.81. The molecule has 10 nitrogen and oxygen atoms in total. The second-order valence-corrected chi connectivity index (χ2v) is 4.50. The first-order valence-corrected chi connectivity index (χ1v) is 6.70. The Morgan fingerprint density at radius 1 is 0.615 bits per heavy atom. The molecule has 0 atom stereocenters. The van der Waals surface area contributed by atoms with Gasteiger partial charge in [-0.2, -0.15) is 0 Å². The fraction of sp³-hybridized carbons (Fsp3) is 0.400. The van der Waals surface area contributed by atoms with Gasteiger partial charge >= 0.3 is 81.2 Å². The van der Waals surface area contributed by atoms with Crippen LogP contribution in [0.3, 0.4) is 0 Å². The van der Waals surface area contributed by atoms with Gasteiger partial charge in [0.1, 0.15) is 5.92 Å². The van der Waals surface area contributed by atoms with Crippen LogP contribution in [0.25, 0.3) is 0 Å². The molecule has 0 heterocycles. The first-order chi connectivity index (χ1) is 11.8. The van der Waals surface area contributed by atoms with E-state index in [1.165, 1.54) is 0 Å². The number of carbonyl (C=O) groups is 5. The number of ether oxygens (including phenoxy) is 5. The van der Waals surface area contributed by atoms with Crippen LogP contribution < -0.4 is 51.4 Å². The van der Waals surface area contributed by atoms with Crippen molar-refractivity contribution in [3.8, 4) is 0 Å². The van der Waals surface area contributed by atoms with Crippen molar-refractivity contribution < 1.29 is 100 Å². The summed E-state index contributed by atoms with van der Waals surface area (Å²) in [7, 11) is 4.96. The van der Waals surface area contributed by atoms with Gasteiger partial charge < -0.3 is 25.1 Å². The zero-order chi connectivity index (χ0) is 19.3. The zero-order valence-electron chi connectivity index (χ0n) is 16.2. The van der Waals surface area contributed by atoms with Crippen LogP contribution in [0.15, 0.2) is 22.3 Å². The van der Waals surface area contributed by atoms with E-state index in [1.54, 1.807) is 0 Å². The van der Waals surface area contributed by atoms with Crippen molar-refractivity contribution in [2.45, 2.75) is 0 Å². The van der Waals surface area contributed by atoms with Crippen molar-refractivity contribution in [1.82, 2.24) is 0 Å². The molecule has 0 unspecified atom stereocenters. The molecule has 0 aromatic heterocycles. The fourth-order valence-corrected chi connectivity index (χ4v) is 2.34. The zero-order valence-corrected chi connectivity index (χ0v) is 18.3. The van der Waals surface area contributed by atoms with Crippen LogP contribution in [0.5, 0.6) is 0 Å². The Labute approximate surface area is 192 Å². The molecular formula is C15H17KO10. The molecule has 1 aliphatic carbocycles. The quantitative estimate of drug-likeness (QED) is 0.259. The van der Waals surface area contributed by atoms with E-state index < -0.39 is 58.1 Å². The summed E-state index contributed by atoms with van der Waals surface area (Å²) < 4.78 is 22.8. The Kier molecular flexibility index (Phi) is 9.95. The minimum absolute atomic E-state index is 0. The second-order valence-electron chi connectivity index (χ2n) is 4.50. The van der Waals surface area contributed by atoms with Crippen molar-refractivity contribution in [2.24, 2.45) is 5.92 Å². The standard InChI is InChI=1S/C15H16O10.K.H/c1-21-11(16)6-7(12(17)22-2)9(14(19)24-4)10(15(20)25-5)8(6)13(18)23-3;;/h6H,1-5H3;;/q;+1;-1. The monoisotopic (exact) mass is 396 g/mol. The minimum Gasteiger partial charge on any atom is -1.00 e. The molecule has 0 spiro atoms. The van der Waals surface area contributed by atoms with Crippen LogP contribution in [-0.2, 0) is 47.7 Å². The maximum absolute atomic E-state index is 12.2. The fourth-order valence-electron chi connectivity index (χ4n) is 2.34. The number of hydrogen-bond acceptors (Lipinski definition) is 10. The van der Waals surface area contributed by atoms with Crippen molar-refractivity contribution in [3.05, 3.63) is 22.3 Å². The maximum Gasteiger partial charge on any atom is 1.00 e. The van der Waals surface area contributed by atoms with Crippen LogP contribution in [0, 0.1) is 5.92 Å². The summed E-state index contributed by atoms with van der Waals surface area (Å²) in [6.07, 6.45) is 0. The number of esters is 5. The topological polar surface area (TPSA) is 132 Å². The Hall–Kier alpha value is -1.53. The van der Waals surface area contributed by atoms with Gasteiger partial charge in [-0.05, 0) is 0 Å². The van der Waals surface area contributed by atoms with E-state index in [1.807, 2.05) is 0 Å². The number of carbonyl (C=O) groups excluding carboxylic acids is 5. The molecule has 26 heavy (non-hydrogen) atoms. The Balaban J connectivity index is 0. The molecule has 0 radical (unpaired) electrons. The Morgan fingerprint density at radius 2 is 0.923 bits per heavy atom. The van der Waals surface area contributed by atoms with E-state index >= 15 is 0 Å². The molecule has 0 aromatic rings. The van der Waals surface area contributed by atoms with Crippen LogP contribution in [0.4, 0.5) is 0 Å². The first-order valence-electron chi connectivity index (χ1n) is 6.70. The maximum atomic E-state index is 12.2. The van der Waals surface area contributed by atoms with Gasteiger partial charge in [-0.1, -0.05) is 0 Å². The van der Waals surface area contributed by atoms with Crippen molar-refractivity contribution in [2.75, 3.05) is 35.5 Å². The predicted molar refractivity (Wildman–Crippen MR) is 78.7 cm³/mol. The molecule has 0 N–H and O–H groups in total. The smallest absolute Gasteiger partial charge is 1.00 e. The number of rotatable bonds is 5. The molecule has 0 fully saturated rings. The number of hydrogen-bond donors (Lipinski definition) is 0. The summed E-state index contributed by atoms with van der Waals surface area (Å²) in [5, 5.41) is 0. The third-order valence-corrected chi connectivity index (χ3v) is 3.39. The van der Waals surface area contributed by atoms with Crippen LogP contribution >= 0.6 is 0 Å². The Bertz CT molecular complexity index is 657. The van der Waals surface area contributed by atoms with Crippen LogP contribution in [0.1, 0.15) is 1.43 Å². The second kappa shape index (κ2) is 10.6. The molecule has 0 saturated heterocycles. The number of methoxy groups -OCH3 is 5. The molecular weight excluding hydrogens is 379 g/mol. The van der Waals surface area contributed by atoms with Crippen molar-refractivity contribution in [1.29, 1.82) is 0 Å². The van der Waals surface area contributed by atoms with Gasteiger partial charge in [-0.3, -0.25) is 4.79 Å².